The quantitative estimate of drug-likeness (QED) is 0.368. The van der Waals surface area contributed by atoms with E-state index >= 15 is 0 Å². The van der Waals surface area contributed by atoms with Gasteiger partial charge in [-0.1, -0.05) is 35.3 Å². The SMILES string of the molecule is CCn1c(-c2cnc(OC)nc2OC)nc2c1[C@@]1(C(=O)Nc3cc(Cl)ccc31)N(c1cc(Cl)ccc1C)C2=O. The molecule has 1 atom stereocenters. The zero-order valence-corrected chi connectivity index (χ0v) is 22.9. The average Bonchev–Trinajstić information content (AvgIpc) is 3.53. The van der Waals surface area contributed by atoms with E-state index in [0.717, 1.165) is 5.56 Å². The first kappa shape index (κ1) is 25.1. The Balaban J connectivity index is 1.70. The molecular weight excluding hydrogens is 543 g/mol. The molecule has 12 heteroatoms. The van der Waals surface area contributed by atoms with Crippen LogP contribution in [-0.4, -0.2) is 45.6 Å². The van der Waals surface area contributed by atoms with Crippen molar-refractivity contribution in [1.82, 2.24) is 19.5 Å². The minimum absolute atomic E-state index is 0.119. The highest BCUT2D eigenvalue weighted by Gasteiger charge is 2.64. The van der Waals surface area contributed by atoms with Crippen molar-refractivity contribution in [3.63, 3.8) is 0 Å². The first-order chi connectivity index (χ1) is 18.8. The van der Waals surface area contributed by atoms with Crippen LogP contribution in [0, 0.1) is 6.92 Å². The third-order valence-electron chi connectivity index (χ3n) is 7.08. The van der Waals surface area contributed by atoms with Gasteiger partial charge >= 0.3 is 6.01 Å². The van der Waals surface area contributed by atoms with Crippen molar-refractivity contribution in [3.05, 3.63) is 75.2 Å². The van der Waals surface area contributed by atoms with Gasteiger partial charge in [0.2, 0.25) is 5.88 Å². The van der Waals surface area contributed by atoms with E-state index in [1.807, 2.05) is 24.5 Å². The molecule has 2 aromatic carbocycles. The van der Waals surface area contributed by atoms with Crippen molar-refractivity contribution in [2.45, 2.75) is 25.9 Å². The fourth-order valence-corrected chi connectivity index (χ4v) is 5.78. The lowest BCUT2D eigenvalue weighted by Crippen LogP contribution is -2.51. The molecule has 1 N–H and O–H groups in total. The number of methoxy groups -OCH3 is 2. The maximum absolute atomic E-state index is 14.3. The topological polar surface area (TPSA) is 111 Å². The highest BCUT2D eigenvalue weighted by molar-refractivity contribution is 6.32. The number of halogens is 2. The Morgan fingerprint density at radius 3 is 2.49 bits per heavy atom. The van der Waals surface area contributed by atoms with E-state index in [9.17, 15) is 9.59 Å². The third kappa shape index (κ3) is 3.38. The molecule has 0 saturated carbocycles. The number of hydrogen-bond donors (Lipinski definition) is 1. The molecule has 10 nitrogen and oxygen atoms in total. The van der Waals surface area contributed by atoms with Crippen molar-refractivity contribution < 1.29 is 19.1 Å². The van der Waals surface area contributed by atoms with Crippen molar-refractivity contribution in [3.8, 4) is 23.3 Å². The number of amides is 2. The number of hydrogen-bond acceptors (Lipinski definition) is 7. The molecule has 198 valence electrons. The van der Waals surface area contributed by atoms with Gasteiger partial charge in [-0.15, -0.1) is 0 Å². The molecule has 1 spiro atoms. The van der Waals surface area contributed by atoms with Crippen LogP contribution in [0.5, 0.6) is 11.9 Å². The van der Waals surface area contributed by atoms with Crippen LogP contribution < -0.4 is 19.7 Å². The number of aryl methyl sites for hydroxylation is 1. The van der Waals surface area contributed by atoms with E-state index in [2.05, 4.69) is 15.3 Å². The summed E-state index contributed by atoms with van der Waals surface area (Å²) in [6, 6.07) is 10.5. The number of ether oxygens (including phenoxy) is 2. The summed E-state index contributed by atoms with van der Waals surface area (Å²) >= 11 is 12.7. The molecule has 4 heterocycles. The smallest absolute Gasteiger partial charge is 0.319 e. The Hall–Kier alpha value is -4.15. The van der Waals surface area contributed by atoms with E-state index in [1.54, 1.807) is 30.3 Å². The number of rotatable bonds is 5. The number of imidazole rings is 1. The van der Waals surface area contributed by atoms with Crippen LogP contribution >= 0.6 is 23.2 Å². The molecule has 2 aliphatic heterocycles. The Morgan fingerprint density at radius 1 is 1.03 bits per heavy atom. The molecular formula is C27H22Cl2N6O4. The van der Waals surface area contributed by atoms with Crippen LogP contribution in [0.2, 0.25) is 10.0 Å². The van der Waals surface area contributed by atoms with Crippen LogP contribution in [0.3, 0.4) is 0 Å². The predicted octanol–water partition coefficient (Wildman–Crippen LogP) is 4.85. The van der Waals surface area contributed by atoms with Gasteiger partial charge in [0.25, 0.3) is 11.8 Å². The first-order valence-corrected chi connectivity index (χ1v) is 12.8. The lowest BCUT2D eigenvalue weighted by Gasteiger charge is -2.35. The number of aromatic nitrogens is 4. The van der Waals surface area contributed by atoms with Crippen LogP contribution in [0.15, 0.2) is 42.6 Å². The zero-order valence-electron chi connectivity index (χ0n) is 21.4. The Kier molecular flexibility index (Phi) is 5.78. The van der Waals surface area contributed by atoms with Gasteiger partial charge in [0.15, 0.2) is 11.2 Å². The molecule has 0 unspecified atom stereocenters. The average molecular weight is 565 g/mol. The van der Waals surface area contributed by atoms with E-state index < -0.39 is 17.4 Å². The third-order valence-corrected chi connectivity index (χ3v) is 7.55. The van der Waals surface area contributed by atoms with E-state index in [1.165, 1.54) is 25.3 Å². The number of carbonyl (C=O) groups excluding carboxylic acids is 2. The van der Waals surface area contributed by atoms with E-state index in [0.29, 0.717) is 50.6 Å². The largest absolute Gasteiger partial charge is 0.480 e. The normalized spacial score (nSPS) is 17.4. The molecule has 6 rings (SSSR count). The number of benzene rings is 2. The summed E-state index contributed by atoms with van der Waals surface area (Å²) in [5.41, 5.74) is 1.75. The van der Waals surface area contributed by atoms with Gasteiger partial charge in [-0.2, -0.15) is 4.98 Å². The molecule has 0 aliphatic carbocycles. The summed E-state index contributed by atoms with van der Waals surface area (Å²) < 4.78 is 12.5. The number of nitrogens with one attached hydrogen (secondary N) is 1. The molecule has 0 bridgehead atoms. The van der Waals surface area contributed by atoms with Crippen molar-refractivity contribution >= 4 is 46.4 Å². The number of fused-ring (bicyclic) bond motifs is 4. The first-order valence-electron chi connectivity index (χ1n) is 12.0. The second-order valence-electron chi connectivity index (χ2n) is 9.08. The fourth-order valence-electron chi connectivity index (χ4n) is 5.45. The molecule has 2 amide bonds. The minimum Gasteiger partial charge on any atom is -0.480 e. The second kappa shape index (κ2) is 8.96. The van der Waals surface area contributed by atoms with Crippen molar-refractivity contribution in [2.75, 3.05) is 24.4 Å². The predicted molar refractivity (Wildman–Crippen MR) is 146 cm³/mol. The Bertz CT molecular complexity index is 1700. The lowest BCUT2D eigenvalue weighted by molar-refractivity contribution is -0.119. The maximum Gasteiger partial charge on any atom is 0.319 e. The van der Waals surface area contributed by atoms with Gasteiger partial charge in [-0.05, 0) is 43.7 Å². The van der Waals surface area contributed by atoms with Crippen LogP contribution in [0.1, 0.15) is 34.2 Å². The van der Waals surface area contributed by atoms with Gasteiger partial charge < -0.3 is 19.4 Å². The molecule has 2 aromatic heterocycles. The van der Waals surface area contributed by atoms with Crippen LogP contribution in [0.25, 0.3) is 11.4 Å². The molecule has 0 radical (unpaired) electrons. The molecule has 0 fully saturated rings. The molecule has 39 heavy (non-hydrogen) atoms. The molecule has 2 aliphatic rings. The van der Waals surface area contributed by atoms with Gasteiger partial charge in [0.1, 0.15) is 5.82 Å². The standard InChI is InChI=1S/C27H22Cl2N6O4/c1-5-34-21-20(32-22(34)16-12-30-26(39-4)33-23(16)38-3)24(36)35(19-11-15(29)7-6-13(19)2)27(21)17-9-8-14(28)10-18(17)31-25(27)37/h6-12H,5H2,1-4H3,(H,31,37)/t27-/m0/s1. The fraction of sp³-hybridized carbons (Fsp3) is 0.222. The van der Waals surface area contributed by atoms with Crippen LogP contribution in [-0.2, 0) is 16.9 Å². The van der Waals surface area contributed by atoms with Crippen molar-refractivity contribution in [1.29, 1.82) is 0 Å². The van der Waals surface area contributed by atoms with E-state index in [-0.39, 0.29) is 17.6 Å². The highest BCUT2D eigenvalue weighted by atomic mass is 35.5. The second-order valence-corrected chi connectivity index (χ2v) is 9.96. The van der Waals surface area contributed by atoms with E-state index in [4.69, 9.17) is 37.7 Å². The summed E-state index contributed by atoms with van der Waals surface area (Å²) in [6.45, 7) is 4.14. The molecule has 0 saturated heterocycles. The van der Waals surface area contributed by atoms with Crippen LogP contribution in [0.4, 0.5) is 11.4 Å². The van der Waals surface area contributed by atoms with Gasteiger partial charge in [-0.25, -0.2) is 9.97 Å². The minimum atomic E-state index is -1.58. The summed E-state index contributed by atoms with van der Waals surface area (Å²) in [6.07, 6.45) is 1.52. The summed E-state index contributed by atoms with van der Waals surface area (Å²) in [5, 5.41) is 3.82. The number of nitrogens with zero attached hydrogens (tertiary/aromatic N) is 5. The summed E-state index contributed by atoms with van der Waals surface area (Å²) in [5.74, 6) is -0.264. The van der Waals surface area contributed by atoms with Gasteiger partial charge in [0.05, 0.1) is 31.2 Å². The lowest BCUT2D eigenvalue weighted by atomic mass is 9.87. The van der Waals surface area contributed by atoms with Gasteiger partial charge in [-0.3, -0.25) is 14.5 Å². The Morgan fingerprint density at radius 2 is 1.77 bits per heavy atom. The Labute approximate surface area is 233 Å². The van der Waals surface area contributed by atoms with Crippen molar-refractivity contribution in [2.24, 2.45) is 0 Å². The maximum atomic E-state index is 14.3. The summed E-state index contributed by atoms with van der Waals surface area (Å²) in [7, 11) is 2.92. The summed E-state index contributed by atoms with van der Waals surface area (Å²) in [4.78, 5) is 43.3. The van der Waals surface area contributed by atoms with Gasteiger partial charge in [0, 0.05) is 34.0 Å². The molecule has 4 aromatic rings. The number of carbonyl (C=O) groups is 2. The monoisotopic (exact) mass is 564 g/mol. The highest BCUT2D eigenvalue weighted by Crippen LogP contribution is 2.54. The zero-order chi connectivity index (χ0) is 27.6. The number of anilines is 2.